The summed E-state index contributed by atoms with van der Waals surface area (Å²) < 4.78 is 44.7. The molecular weight excluding hydrogens is 391 g/mol. The maximum atomic E-state index is 13.1. The highest BCUT2D eigenvalue weighted by Gasteiger charge is 2.30. The number of pyridine rings is 3. The Hall–Kier alpha value is -3.76. The van der Waals surface area contributed by atoms with Crippen molar-refractivity contribution < 1.29 is 22.7 Å². The number of nitrogens with one attached hydrogen (secondary N) is 1. The molecule has 29 heavy (non-hydrogen) atoms. The number of methoxy groups -OCH3 is 1. The predicted octanol–water partition coefficient (Wildman–Crippen LogP) is 2.68. The second-order valence-corrected chi connectivity index (χ2v) is 6.15. The van der Waals surface area contributed by atoms with Gasteiger partial charge in [-0.05, 0) is 12.1 Å². The number of rotatable bonds is 3. The van der Waals surface area contributed by atoms with E-state index < -0.39 is 24.2 Å². The molecule has 0 aliphatic carbocycles. The zero-order valence-electron chi connectivity index (χ0n) is 14.8. The van der Waals surface area contributed by atoms with Crippen LogP contribution in [0.5, 0.6) is 0 Å². The molecule has 0 aliphatic rings. The molecule has 4 aromatic rings. The molecule has 0 spiro atoms. The van der Waals surface area contributed by atoms with Crippen molar-refractivity contribution in [3.8, 4) is 11.1 Å². The third kappa shape index (κ3) is 3.20. The van der Waals surface area contributed by atoms with Gasteiger partial charge in [0.25, 0.3) is 5.56 Å². The van der Waals surface area contributed by atoms with Crippen LogP contribution in [0, 0.1) is 0 Å². The number of fused-ring (bicyclic) bond motifs is 3. The molecule has 0 aromatic carbocycles. The zero-order chi connectivity index (χ0) is 20.8. The van der Waals surface area contributed by atoms with Crippen LogP contribution >= 0.6 is 0 Å². The third-order valence-electron chi connectivity index (χ3n) is 4.34. The molecule has 0 saturated heterocycles. The summed E-state index contributed by atoms with van der Waals surface area (Å²) in [7, 11) is 1.19. The lowest BCUT2D eigenvalue weighted by Crippen LogP contribution is -2.28. The molecule has 4 rings (SSSR count). The summed E-state index contributed by atoms with van der Waals surface area (Å²) in [5, 5.41) is 6.34. The standard InChI is InChI=1S/C18H12F3N5O3/c1-29-17(28)14-10(3-2-4-22-14)9-5-12-15(23-6-9)13-11(7-24-25-13)16(27)26(12)8-18(19,20)21/h2-7H,8H2,1H3,(H,24,25). The van der Waals surface area contributed by atoms with Crippen molar-refractivity contribution in [2.24, 2.45) is 0 Å². The molecule has 4 heterocycles. The number of carbonyl (C=O) groups is 1. The predicted molar refractivity (Wildman–Crippen MR) is 96.3 cm³/mol. The lowest BCUT2D eigenvalue weighted by molar-refractivity contribution is -0.140. The van der Waals surface area contributed by atoms with Gasteiger partial charge in [0, 0.05) is 23.5 Å². The molecular formula is C18H12F3N5O3. The number of hydrogen-bond acceptors (Lipinski definition) is 6. The number of nitrogens with zero attached hydrogens (tertiary/aromatic N) is 4. The Balaban J connectivity index is 2.04. The minimum atomic E-state index is -4.63. The lowest BCUT2D eigenvalue weighted by atomic mass is 10.0. The first-order chi connectivity index (χ1) is 13.8. The van der Waals surface area contributed by atoms with Crippen LogP contribution in [0.4, 0.5) is 13.2 Å². The van der Waals surface area contributed by atoms with E-state index in [1.807, 2.05) is 0 Å². The van der Waals surface area contributed by atoms with Crippen molar-refractivity contribution in [1.29, 1.82) is 0 Å². The van der Waals surface area contributed by atoms with E-state index in [1.54, 1.807) is 12.1 Å². The van der Waals surface area contributed by atoms with Gasteiger partial charge in [0.1, 0.15) is 12.1 Å². The summed E-state index contributed by atoms with van der Waals surface area (Å²) in [6.45, 7) is -1.49. The van der Waals surface area contributed by atoms with Gasteiger partial charge >= 0.3 is 12.1 Å². The number of ether oxygens (including phenoxy) is 1. The second kappa shape index (κ2) is 6.69. The number of H-pyrrole nitrogens is 1. The van der Waals surface area contributed by atoms with Crippen molar-refractivity contribution in [2.45, 2.75) is 12.7 Å². The average molecular weight is 403 g/mol. The molecule has 0 fully saturated rings. The van der Waals surface area contributed by atoms with Crippen LogP contribution in [0.2, 0.25) is 0 Å². The summed E-state index contributed by atoms with van der Waals surface area (Å²) in [6, 6.07) is 4.48. The number of hydrogen-bond donors (Lipinski definition) is 1. The van der Waals surface area contributed by atoms with Gasteiger partial charge in [-0.1, -0.05) is 6.07 Å². The number of halogens is 3. The number of aromatic nitrogens is 5. The fraction of sp³-hybridized carbons (Fsp3) is 0.167. The average Bonchev–Trinajstić information content (AvgIpc) is 3.19. The molecule has 1 N–H and O–H groups in total. The number of esters is 1. The number of aromatic amines is 1. The van der Waals surface area contributed by atoms with E-state index in [0.29, 0.717) is 15.7 Å². The van der Waals surface area contributed by atoms with E-state index >= 15 is 0 Å². The summed E-state index contributed by atoms with van der Waals surface area (Å²) in [4.78, 5) is 32.9. The van der Waals surface area contributed by atoms with E-state index in [1.165, 1.54) is 25.6 Å². The quantitative estimate of drug-likeness (QED) is 0.528. The van der Waals surface area contributed by atoms with Gasteiger partial charge in [0.15, 0.2) is 5.69 Å². The molecule has 0 aliphatic heterocycles. The highest BCUT2D eigenvalue weighted by molar-refractivity contribution is 6.02. The smallest absolute Gasteiger partial charge is 0.406 e. The molecule has 0 saturated carbocycles. The van der Waals surface area contributed by atoms with Gasteiger partial charge < -0.3 is 4.74 Å². The molecule has 0 unspecified atom stereocenters. The molecule has 148 valence electrons. The molecule has 4 aromatic heterocycles. The fourth-order valence-electron chi connectivity index (χ4n) is 3.12. The number of carbonyl (C=O) groups excluding carboxylic acids is 1. The van der Waals surface area contributed by atoms with Crippen molar-refractivity contribution in [3.05, 3.63) is 52.8 Å². The van der Waals surface area contributed by atoms with Gasteiger partial charge in [-0.2, -0.15) is 18.3 Å². The highest BCUT2D eigenvalue weighted by Crippen LogP contribution is 2.28. The van der Waals surface area contributed by atoms with E-state index in [4.69, 9.17) is 4.74 Å². The van der Waals surface area contributed by atoms with E-state index in [2.05, 4.69) is 20.2 Å². The second-order valence-electron chi connectivity index (χ2n) is 6.15. The first-order valence-corrected chi connectivity index (χ1v) is 8.26. The third-order valence-corrected chi connectivity index (χ3v) is 4.34. The van der Waals surface area contributed by atoms with E-state index in [0.717, 1.165) is 6.20 Å². The van der Waals surface area contributed by atoms with E-state index in [9.17, 15) is 22.8 Å². The molecule has 11 heteroatoms. The first kappa shape index (κ1) is 18.6. The summed E-state index contributed by atoms with van der Waals surface area (Å²) in [5.41, 5.74) is 0.0641. The highest BCUT2D eigenvalue weighted by atomic mass is 19.4. The maximum Gasteiger partial charge on any atom is 0.406 e. The molecule has 8 nitrogen and oxygen atoms in total. The number of alkyl halides is 3. The Morgan fingerprint density at radius 3 is 2.79 bits per heavy atom. The fourth-order valence-corrected chi connectivity index (χ4v) is 3.12. The van der Waals surface area contributed by atoms with E-state index in [-0.39, 0.29) is 27.6 Å². The van der Waals surface area contributed by atoms with Gasteiger partial charge in [0.05, 0.1) is 29.7 Å². The van der Waals surface area contributed by atoms with Crippen LogP contribution in [0.3, 0.4) is 0 Å². The van der Waals surface area contributed by atoms with Crippen LogP contribution in [0.25, 0.3) is 33.1 Å². The summed E-state index contributed by atoms with van der Waals surface area (Å²) >= 11 is 0. The summed E-state index contributed by atoms with van der Waals surface area (Å²) in [6.07, 6.45) is -0.696. The van der Waals surface area contributed by atoms with Crippen molar-refractivity contribution in [1.82, 2.24) is 24.7 Å². The topological polar surface area (TPSA) is 103 Å². The van der Waals surface area contributed by atoms with Crippen LogP contribution in [0.15, 0.2) is 41.6 Å². The monoisotopic (exact) mass is 403 g/mol. The molecule has 0 radical (unpaired) electrons. The minimum absolute atomic E-state index is 0.00127. The van der Waals surface area contributed by atoms with Crippen molar-refractivity contribution >= 4 is 27.9 Å². The Kier molecular flexibility index (Phi) is 4.29. The minimum Gasteiger partial charge on any atom is -0.464 e. The summed E-state index contributed by atoms with van der Waals surface area (Å²) in [5.74, 6) is -0.711. The maximum absolute atomic E-state index is 13.1. The van der Waals surface area contributed by atoms with Crippen LogP contribution in [0.1, 0.15) is 10.5 Å². The van der Waals surface area contributed by atoms with Crippen molar-refractivity contribution in [3.63, 3.8) is 0 Å². The molecule has 0 bridgehead atoms. The Morgan fingerprint density at radius 1 is 1.28 bits per heavy atom. The van der Waals surface area contributed by atoms with Gasteiger partial charge in [-0.3, -0.25) is 19.4 Å². The Labute approximate surface area is 160 Å². The Morgan fingerprint density at radius 2 is 2.07 bits per heavy atom. The largest absolute Gasteiger partial charge is 0.464 e. The van der Waals surface area contributed by atoms with Crippen molar-refractivity contribution in [2.75, 3.05) is 7.11 Å². The van der Waals surface area contributed by atoms with Gasteiger partial charge in [0.2, 0.25) is 0 Å². The normalized spacial score (nSPS) is 11.9. The molecule has 0 amide bonds. The zero-order valence-corrected chi connectivity index (χ0v) is 14.8. The van der Waals surface area contributed by atoms with Crippen LogP contribution in [-0.2, 0) is 11.3 Å². The van der Waals surface area contributed by atoms with Gasteiger partial charge in [-0.25, -0.2) is 9.78 Å². The SMILES string of the molecule is COC(=O)c1ncccc1-c1cnc2c3[nH]ncc3c(=O)n(CC(F)(F)F)c2c1. The molecule has 0 atom stereocenters. The van der Waals surface area contributed by atoms with Gasteiger partial charge in [-0.15, -0.1) is 0 Å². The Bertz CT molecular complexity index is 1310. The first-order valence-electron chi connectivity index (χ1n) is 8.26. The van der Waals surface area contributed by atoms with Crippen LogP contribution in [-0.4, -0.2) is 44.0 Å². The van der Waals surface area contributed by atoms with Crippen LogP contribution < -0.4 is 5.56 Å². The lowest BCUT2D eigenvalue weighted by Gasteiger charge is -2.14.